The van der Waals surface area contributed by atoms with Crippen LogP contribution in [0.1, 0.15) is 23.6 Å². The van der Waals surface area contributed by atoms with Gasteiger partial charge in [-0.1, -0.05) is 30.2 Å². The van der Waals surface area contributed by atoms with Gasteiger partial charge in [0.05, 0.1) is 6.54 Å². The molecule has 18 heavy (non-hydrogen) atoms. The van der Waals surface area contributed by atoms with Crippen molar-refractivity contribution in [2.75, 3.05) is 20.6 Å². The summed E-state index contributed by atoms with van der Waals surface area (Å²) in [7, 11) is 2.99. The molecule has 0 aliphatic heterocycles. The molecule has 4 heteroatoms. The number of rotatable bonds is 2. The lowest BCUT2D eigenvalue weighted by Crippen LogP contribution is -2.23. The summed E-state index contributed by atoms with van der Waals surface area (Å²) in [6.45, 7) is 0.735. The highest BCUT2D eigenvalue weighted by Crippen LogP contribution is 2.34. The zero-order valence-electron chi connectivity index (χ0n) is 10.8. The van der Waals surface area contributed by atoms with Crippen LogP contribution in [0.25, 0.3) is 0 Å². The Morgan fingerprint density at radius 3 is 2.78 bits per heavy atom. The van der Waals surface area contributed by atoms with Crippen LogP contribution in [0.2, 0.25) is 0 Å². The molecule has 0 bridgehead atoms. The molecule has 0 amide bonds. The lowest BCUT2D eigenvalue weighted by Gasteiger charge is -2.22. The van der Waals surface area contributed by atoms with Crippen molar-refractivity contribution >= 4 is 0 Å². The number of hydrogen-bond acceptors (Lipinski definition) is 3. The molecule has 0 fully saturated rings. The number of terminal acetylenes is 1. The molecule has 96 valence electrons. The van der Waals surface area contributed by atoms with E-state index < -0.39 is 4.92 Å². The van der Waals surface area contributed by atoms with Crippen LogP contribution in [0.5, 0.6) is 0 Å². The Hall–Kier alpha value is -1.86. The summed E-state index contributed by atoms with van der Waals surface area (Å²) in [5.74, 6) is 2.70. The van der Waals surface area contributed by atoms with Crippen molar-refractivity contribution in [1.29, 1.82) is 0 Å². The number of aryl methyl sites for hydroxylation is 1. The molecule has 2 rings (SSSR count). The monoisotopic (exact) mass is 246 g/mol. The minimum atomic E-state index is -0.500. The van der Waals surface area contributed by atoms with Crippen LogP contribution in [-0.2, 0) is 6.42 Å². The van der Waals surface area contributed by atoms with Gasteiger partial charge in [-0.25, -0.2) is 0 Å². The van der Waals surface area contributed by atoms with E-state index >= 15 is 0 Å². The van der Waals surface area contributed by atoms with Gasteiger partial charge in [0, 0.05) is 11.0 Å². The zero-order valence-corrected chi connectivity index (χ0v) is 10.8. The Labute approximate surface area is 108 Å². The van der Waals surface area contributed by atoms with E-state index in [0.717, 1.165) is 13.6 Å². The molecular formula is C14H18N2O2. The van der Waals surface area contributed by atoms with Gasteiger partial charge in [-0.15, -0.1) is 6.42 Å². The number of nitrogens with zero attached hydrogens (tertiary/aromatic N) is 2. The number of benzene rings is 1. The number of hydrogen-bond donors (Lipinski definition) is 0. The van der Waals surface area contributed by atoms with Crippen molar-refractivity contribution in [2.45, 2.75) is 18.9 Å². The molecule has 1 aromatic rings. The summed E-state index contributed by atoms with van der Waals surface area (Å²) >= 11 is 0. The maximum atomic E-state index is 8.81. The summed E-state index contributed by atoms with van der Waals surface area (Å²) in [5, 5.41) is 8.81. The number of nitro groups is 1. The standard InChI is InChI=1S/C13H15N.CH3NO2/c1-3-10-14(2)13-9-8-11-6-4-5-7-12(11)13;1-2(3)4/h1,4-7,13H,8-10H2,2H3;1H3. The van der Waals surface area contributed by atoms with Crippen LogP contribution in [0.3, 0.4) is 0 Å². The SMILES string of the molecule is C#CCN(C)C1CCc2ccccc21.C[N+](=O)[O-]. The molecule has 1 aliphatic carbocycles. The molecule has 0 aromatic heterocycles. The van der Waals surface area contributed by atoms with Gasteiger partial charge in [0.2, 0.25) is 0 Å². The molecule has 4 nitrogen and oxygen atoms in total. The Balaban J connectivity index is 0.000000357. The highest BCUT2D eigenvalue weighted by Gasteiger charge is 2.24. The van der Waals surface area contributed by atoms with Crippen LogP contribution in [0.4, 0.5) is 0 Å². The highest BCUT2D eigenvalue weighted by molar-refractivity contribution is 5.34. The topological polar surface area (TPSA) is 46.4 Å². The first-order valence-corrected chi connectivity index (χ1v) is 5.85. The van der Waals surface area contributed by atoms with Gasteiger partial charge in [-0.05, 0) is 31.0 Å². The largest absolute Gasteiger partial charge is 0.288 e. The molecule has 1 aliphatic rings. The third-order valence-electron chi connectivity index (χ3n) is 2.97. The lowest BCUT2D eigenvalue weighted by atomic mass is 10.1. The smallest absolute Gasteiger partial charge is 0.194 e. The van der Waals surface area contributed by atoms with E-state index in [2.05, 4.69) is 42.1 Å². The fourth-order valence-corrected chi connectivity index (χ4v) is 2.25. The summed E-state index contributed by atoms with van der Waals surface area (Å²) in [4.78, 5) is 10.6. The summed E-state index contributed by atoms with van der Waals surface area (Å²) < 4.78 is 0. The minimum Gasteiger partial charge on any atom is -0.288 e. The van der Waals surface area contributed by atoms with E-state index in [0.29, 0.717) is 6.04 Å². The molecule has 1 aromatic carbocycles. The fraction of sp³-hybridized carbons (Fsp3) is 0.429. The second-order valence-corrected chi connectivity index (χ2v) is 4.31. The van der Waals surface area contributed by atoms with Crippen molar-refractivity contribution in [2.24, 2.45) is 0 Å². The third-order valence-corrected chi connectivity index (χ3v) is 2.97. The van der Waals surface area contributed by atoms with Crippen molar-refractivity contribution < 1.29 is 4.92 Å². The van der Waals surface area contributed by atoms with Crippen molar-refractivity contribution in [1.82, 2.24) is 4.90 Å². The maximum absolute atomic E-state index is 8.81. The first kappa shape index (κ1) is 14.2. The average Bonchev–Trinajstić information content (AvgIpc) is 2.72. The Morgan fingerprint density at radius 1 is 1.56 bits per heavy atom. The Morgan fingerprint density at radius 2 is 2.17 bits per heavy atom. The Kier molecular flexibility index (Phi) is 5.34. The summed E-state index contributed by atoms with van der Waals surface area (Å²) in [5.41, 5.74) is 2.95. The molecule has 1 atom stereocenters. The zero-order chi connectivity index (χ0) is 13.5. The fourth-order valence-electron chi connectivity index (χ4n) is 2.25. The molecule has 0 saturated carbocycles. The van der Waals surface area contributed by atoms with Crippen LogP contribution < -0.4 is 0 Å². The van der Waals surface area contributed by atoms with E-state index in [1.54, 1.807) is 0 Å². The second-order valence-electron chi connectivity index (χ2n) is 4.31. The van der Waals surface area contributed by atoms with E-state index in [1.165, 1.54) is 24.0 Å². The molecule has 1 unspecified atom stereocenters. The molecule has 0 radical (unpaired) electrons. The Bertz CT molecular complexity index is 447. The van der Waals surface area contributed by atoms with E-state index in [9.17, 15) is 0 Å². The molecule has 0 N–H and O–H groups in total. The first-order chi connectivity index (χ1) is 8.56. The van der Waals surface area contributed by atoms with Crippen molar-refractivity contribution in [3.8, 4) is 12.3 Å². The van der Waals surface area contributed by atoms with E-state index in [4.69, 9.17) is 16.5 Å². The van der Waals surface area contributed by atoms with Gasteiger partial charge in [-0.3, -0.25) is 15.0 Å². The summed E-state index contributed by atoms with van der Waals surface area (Å²) in [6, 6.07) is 9.20. The maximum Gasteiger partial charge on any atom is 0.194 e. The van der Waals surface area contributed by atoms with Crippen LogP contribution >= 0.6 is 0 Å². The third kappa shape index (κ3) is 3.86. The van der Waals surface area contributed by atoms with Gasteiger partial charge in [0.15, 0.2) is 7.05 Å². The lowest BCUT2D eigenvalue weighted by molar-refractivity contribution is -0.445. The first-order valence-electron chi connectivity index (χ1n) is 5.85. The quantitative estimate of drug-likeness (QED) is 0.456. The van der Waals surface area contributed by atoms with Crippen LogP contribution in [0, 0.1) is 22.5 Å². The molecule has 0 heterocycles. The normalized spacial score (nSPS) is 16.4. The van der Waals surface area contributed by atoms with Crippen molar-refractivity contribution in [3.63, 3.8) is 0 Å². The summed E-state index contributed by atoms with van der Waals surface area (Å²) in [6.07, 6.45) is 7.72. The second kappa shape index (κ2) is 6.77. The van der Waals surface area contributed by atoms with Crippen molar-refractivity contribution in [3.05, 3.63) is 45.5 Å². The van der Waals surface area contributed by atoms with Crippen LogP contribution in [0.15, 0.2) is 24.3 Å². The predicted octanol–water partition coefficient (Wildman–Crippen LogP) is 2.13. The highest BCUT2D eigenvalue weighted by atomic mass is 16.6. The molecule has 0 saturated heterocycles. The number of fused-ring (bicyclic) bond motifs is 1. The van der Waals surface area contributed by atoms with Gasteiger partial charge in [0.25, 0.3) is 0 Å². The van der Waals surface area contributed by atoms with Gasteiger partial charge < -0.3 is 0 Å². The average molecular weight is 246 g/mol. The van der Waals surface area contributed by atoms with E-state index in [-0.39, 0.29) is 0 Å². The van der Waals surface area contributed by atoms with Gasteiger partial charge in [0.1, 0.15) is 0 Å². The van der Waals surface area contributed by atoms with Gasteiger partial charge in [-0.2, -0.15) is 0 Å². The van der Waals surface area contributed by atoms with Gasteiger partial charge >= 0.3 is 0 Å². The molecular weight excluding hydrogens is 228 g/mol. The predicted molar refractivity (Wildman–Crippen MR) is 71.9 cm³/mol. The van der Waals surface area contributed by atoms with Crippen LogP contribution in [-0.4, -0.2) is 30.5 Å². The van der Waals surface area contributed by atoms with E-state index in [1.807, 2.05) is 0 Å². The minimum absolute atomic E-state index is 0.500. The molecule has 0 spiro atoms.